The zero-order valence-electron chi connectivity index (χ0n) is 16.0. The van der Waals surface area contributed by atoms with Crippen LogP contribution in [0.15, 0.2) is 56.8 Å². The summed E-state index contributed by atoms with van der Waals surface area (Å²) in [6.07, 6.45) is 4.52. The van der Waals surface area contributed by atoms with Crippen molar-refractivity contribution in [2.75, 3.05) is 25.0 Å². The summed E-state index contributed by atoms with van der Waals surface area (Å²) < 4.78 is 1.01. The van der Waals surface area contributed by atoms with Crippen molar-refractivity contribution in [2.24, 2.45) is 4.99 Å². The average Bonchev–Trinajstić information content (AvgIpc) is 3.31. The standard InChI is InChI=1S/C22H22BrN3OS/c1-15-13-19(26-11-3-4-12-26)10-5-16(15)14-20-21(27)25(2)22(28-20)24-18-8-6-17(23)7-9-18/h5-10,13-14H,3-4,11-12H2,1-2H3/b20-14-,24-22?. The number of rotatable bonds is 3. The van der Waals surface area contributed by atoms with E-state index in [0.717, 1.165) is 28.8 Å². The molecule has 0 aromatic heterocycles. The second-order valence-corrected chi connectivity index (χ2v) is 9.01. The van der Waals surface area contributed by atoms with Gasteiger partial charge in [-0.1, -0.05) is 22.0 Å². The molecular formula is C22H22BrN3OS. The second-order valence-electron chi connectivity index (χ2n) is 7.08. The molecule has 2 saturated heterocycles. The molecule has 0 atom stereocenters. The van der Waals surface area contributed by atoms with E-state index in [1.807, 2.05) is 30.3 Å². The Kier molecular flexibility index (Phi) is 5.60. The quantitative estimate of drug-likeness (QED) is 0.565. The normalized spacial score (nSPS) is 20.0. The lowest BCUT2D eigenvalue weighted by Gasteiger charge is -2.18. The van der Waals surface area contributed by atoms with Crippen molar-refractivity contribution in [3.63, 3.8) is 0 Å². The Bertz CT molecular complexity index is 962. The number of amidine groups is 1. The maximum absolute atomic E-state index is 12.7. The van der Waals surface area contributed by atoms with Crippen LogP contribution in [0.1, 0.15) is 24.0 Å². The van der Waals surface area contributed by atoms with Crippen molar-refractivity contribution in [3.8, 4) is 0 Å². The van der Waals surface area contributed by atoms with Gasteiger partial charge in [-0.25, -0.2) is 4.99 Å². The van der Waals surface area contributed by atoms with Gasteiger partial charge in [-0.3, -0.25) is 9.69 Å². The fourth-order valence-electron chi connectivity index (χ4n) is 3.41. The molecule has 2 aromatic carbocycles. The number of halogens is 1. The van der Waals surface area contributed by atoms with Gasteiger partial charge in [-0.2, -0.15) is 0 Å². The zero-order chi connectivity index (χ0) is 19.7. The van der Waals surface area contributed by atoms with Gasteiger partial charge in [-0.15, -0.1) is 0 Å². The summed E-state index contributed by atoms with van der Waals surface area (Å²) >= 11 is 4.85. The lowest BCUT2D eigenvalue weighted by Crippen LogP contribution is -2.23. The van der Waals surface area contributed by atoms with Crippen LogP contribution >= 0.6 is 27.7 Å². The fourth-order valence-corrected chi connectivity index (χ4v) is 4.65. The summed E-state index contributed by atoms with van der Waals surface area (Å²) in [5, 5.41) is 0.699. The Balaban J connectivity index is 1.58. The molecule has 2 aromatic rings. The molecule has 0 saturated carbocycles. The number of anilines is 1. The van der Waals surface area contributed by atoms with Gasteiger partial charge in [0.2, 0.25) is 0 Å². The summed E-state index contributed by atoms with van der Waals surface area (Å²) in [6, 6.07) is 14.3. The van der Waals surface area contributed by atoms with Gasteiger partial charge in [-0.05, 0) is 85.1 Å². The number of nitrogens with zero attached hydrogens (tertiary/aromatic N) is 3. The van der Waals surface area contributed by atoms with E-state index in [9.17, 15) is 4.79 Å². The van der Waals surface area contributed by atoms with E-state index < -0.39 is 0 Å². The first kappa shape index (κ1) is 19.3. The molecule has 2 fully saturated rings. The molecule has 28 heavy (non-hydrogen) atoms. The highest BCUT2D eigenvalue weighted by molar-refractivity contribution is 9.10. The molecule has 2 aliphatic rings. The molecule has 2 heterocycles. The number of benzene rings is 2. The Morgan fingerprint density at radius 3 is 2.50 bits per heavy atom. The molecule has 4 rings (SSSR count). The van der Waals surface area contributed by atoms with Crippen LogP contribution in [0.5, 0.6) is 0 Å². The Morgan fingerprint density at radius 1 is 1.11 bits per heavy atom. The number of carbonyl (C=O) groups is 1. The maximum Gasteiger partial charge on any atom is 0.266 e. The number of hydrogen-bond acceptors (Lipinski definition) is 4. The summed E-state index contributed by atoms with van der Waals surface area (Å²) in [5.74, 6) is -0.0103. The van der Waals surface area contributed by atoms with E-state index in [-0.39, 0.29) is 5.91 Å². The molecule has 0 N–H and O–H groups in total. The fraction of sp³-hybridized carbons (Fsp3) is 0.273. The molecule has 0 bridgehead atoms. The Hall–Kier alpha value is -2.05. The molecule has 1 amide bonds. The molecule has 2 aliphatic heterocycles. The van der Waals surface area contributed by atoms with Crippen LogP contribution in [0, 0.1) is 6.92 Å². The predicted molar refractivity (Wildman–Crippen MR) is 122 cm³/mol. The SMILES string of the molecule is Cc1cc(N2CCCC2)ccc1/C=C1\SC(=Nc2ccc(Br)cc2)N(C)C1=O. The molecular weight excluding hydrogens is 434 g/mol. The highest BCUT2D eigenvalue weighted by Gasteiger charge is 2.30. The molecule has 144 valence electrons. The number of amides is 1. The molecule has 0 aliphatic carbocycles. The lowest BCUT2D eigenvalue weighted by atomic mass is 10.1. The summed E-state index contributed by atoms with van der Waals surface area (Å²) in [6.45, 7) is 4.38. The van der Waals surface area contributed by atoms with Crippen molar-refractivity contribution in [3.05, 3.63) is 63.0 Å². The summed E-state index contributed by atoms with van der Waals surface area (Å²) in [7, 11) is 1.77. The molecule has 4 nitrogen and oxygen atoms in total. The van der Waals surface area contributed by atoms with Crippen molar-refractivity contribution in [1.29, 1.82) is 0 Å². The van der Waals surface area contributed by atoms with Gasteiger partial charge in [0.25, 0.3) is 5.91 Å². The second kappa shape index (κ2) is 8.13. The summed E-state index contributed by atoms with van der Waals surface area (Å²) in [5.41, 5.74) is 4.37. The molecule has 0 radical (unpaired) electrons. The number of aliphatic imine (C=N–C) groups is 1. The van der Waals surface area contributed by atoms with Crippen molar-refractivity contribution < 1.29 is 4.79 Å². The molecule has 0 spiro atoms. The number of hydrogen-bond donors (Lipinski definition) is 0. The first-order chi connectivity index (χ1) is 13.5. The maximum atomic E-state index is 12.7. The van der Waals surface area contributed by atoms with Crippen LogP contribution in [-0.2, 0) is 4.79 Å². The van der Waals surface area contributed by atoms with Gasteiger partial charge >= 0.3 is 0 Å². The Labute approximate surface area is 178 Å². The van der Waals surface area contributed by atoms with E-state index >= 15 is 0 Å². The van der Waals surface area contributed by atoms with Gasteiger partial charge < -0.3 is 4.90 Å². The van der Waals surface area contributed by atoms with Crippen LogP contribution in [0.2, 0.25) is 0 Å². The number of aryl methyl sites for hydroxylation is 1. The monoisotopic (exact) mass is 455 g/mol. The predicted octanol–water partition coefficient (Wildman–Crippen LogP) is 5.59. The van der Waals surface area contributed by atoms with Crippen LogP contribution in [0.3, 0.4) is 0 Å². The first-order valence-corrected chi connectivity index (χ1v) is 11.0. The first-order valence-electron chi connectivity index (χ1n) is 9.39. The minimum Gasteiger partial charge on any atom is -0.372 e. The third-order valence-electron chi connectivity index (χ3n) is 5.07. The van der Waals surface area contributed by atoms with Gasteiger partial charge in [0.05, 0.1) is 10.6 Å². The largest absolute Gasteiger partial charge is 0.372 e. The van der Waals surface area contributed by atoms with Gasteiger partial charge in [0.15, 0.2) is 5.17 Å². The number of carbonyl (C=O) groups excluding carboxylic acids is 1. The molecule has 0 unspecified atom stereocenters. The highest BCUT2D eigenvalue weighted by atomic mass is 79.9. The van der Waals surface area contributed by atoms with Crippen LogP contribution in [-0.4, -0.2) is 36.1 Å². The van der Waals surface area contributed by atoms with E-state index in [0.29, 0.717) is 10.1 Å². The smallest absolute Gasteiger partial charge is 0.266 e. The van der Waals surface area contributed by atoms with Crippen LogP contribution in [0.4, 0.5) is 11.4 Å². The molecule has 6 heteroatoms. The average molecular weight is 456 g/mol. The topological polar surface area (TPSA) is 35.9 Å². The van der Waals surface area contributed by atoms with Crippen molar-refractivity contribution in [1.82, 2.24) is 4.90 Å². The van der Waals surface area contributed by atoms with E-state index in [1.165, 1.54) is 35.9 Å². The Morgan fingerprint density at radius 2 is 1.82 bits per heavy atom. The number of thioether (sulfide) groups is 1. The van der Waals surface area contributed by atoms with Crippen LogP contribution < -0.4 is 4.90 Å². The lowest BCUT2D eigenvalue weighted by molar-refractivity contribution is -0.121. The van der Waals surface area contributed by atoms with E-state index in [4.69, 9.17) is 0 Å². The van der Waals surface area contributed by atoms with E-state index in [1.54, 1.807) is 11.9 Å². The third kappa shape index (κ3) is 4.03. The third-order valence-corrected chi connectivity index (χ3v) is 6.65. The zero-order valence-corrected chi connectivity index (χ0v) is 18.4. The van der Waals surface area contributed by atoms with Crippen molar-refractivity contribution in [2.45, 2.75) is 19.8 Å². The minimum absolute atomic E-state index is 0.0103. The highest BCUT2D eigenvalue weighted by Crippen LogP contribution is 2.34. The van der Waals surface area contributed by atoms with Gasteiger partial charge in [0.1, 0.15) is 0 Å². The van der Waals surface area contributed by atoms with E-state index in [2.05, 4.69) is 50.9 Å². The van der Waals surface area contributed by atoms with Crippen LogP contribution in [0.25, 0.3) is 6.08 Å². The van der Waals surface area contributed by atoms with Gasteiger partial charge in [0, 0.05) is 30.3 Å². The minimum atomic E-state index is -0.0103. The number of likely N-dealkylation sites (N-methyl/N-ethyl adjacent to an activating group) is 1. The van der Waals surface area contributed by atoms with Crippen molar-refractivity contribution >= 4 is 56.2 Å². The summed E-state index contributed by atoms with van der Waals surface area (Å²) in [4.78, 5) is 22.1.